The maximum atomic E-state index is 11.5. The number of nitrogens with zero attached hydrogens (tertiary/aromatic N) is 4. The molecule has 0 amide bonds. The molecule has 1 aliphatic carbocycles. The summed E-state index contributed by atoms with van der Waals surface area (Å²) in [7, 11) is 0. The monoisotopic (exact) mass is 392 g/mol. The molecule has 1 saturated heterocycles. The molecule has 0 aromatic carbocycles. The molecule has 1 atom stereocenters. The second-order valence-electron chi connectivity index (χ2n) is 7.06. The number of nitrogens with two attached hydrogens (primary N) is 1. The van der Waals surface area contributed by atoms with Gasteiger partial charge in [-0.15, -0.1) is 0 Å². The molecule has 2 aliphatic rings. The number of hydrogen-bond donors (Lipinski definition) is 2. The molecule has 1 spiro atoms. The highest BCUT2D eigenvalue weighted by Gasteiger charge is 2.43. The van der Waals surface area contributed by atoms with E-state index < -0.39 is 5.56 Å². The first kappa shape index (κ1) is 17.8. The number of aromatic amines is 1. The Morgan fingerprint density at radius 3 is 2.73 bits per heavy atom. The molecule has 3 N–H and O–H groups in total. The van der Waals surface area contributed by atoms with E-state index in [1.54, 1.807) is 12.4 Å². The van der Waals surface area contributed by atoms with Crippen LogP contribution in [0, 0.1) is 5.41 Å². The second-order valence-corrected chi connectivity index (χ2v) is 8.50. The quantitative estimate of drug-likeness (QED) is 0.827. The van der Waals surface area contributed by atoms with Gasteiger partial charge in [0.1, 0.15) is 15.9 Å². The van der Waals surface area contributed by atoms with Crippen molar-refractivity contribution >= 4 is 29.2 Å². The lowest BCUT2D eigenvalue weighted by molar-refractivity contribution is 0.188. The summed E-state index contributed by atoms with van der Waals surface area (Å²) in [6, 6.07) is 0.190. The molecule has 0 bridgehead atoms. The molecule has 0 radical (unpaired) electrons. The fourth-order valence-corrected chi connectivity index (χ4v) is 4.98. The largest absolute Gasteiger partial charge is 0.354 e. The third-order valence-electron chi connectivity index (χ3n) is 5.60. The number of halogens is 1. The van der Waals surface area contributed by atoms with Crippen molar-refractivity contribution in [2.75, 3.05) is 18.0 Å². The molecule has 9 heteroatoms. The summed E-state index contributed by atoms with van der Waals surface area (Å²) in [5.41, 5.74) is 6.44. The Hall–Kier alpha value is -1.64. The van der Waals surface area contributed by atoms with E-state index in [-0.39, 0.29) is 11.1 Å². The van der Waals surface area contributed by atoms with Crippen LogP contribution in [0.2, 0.25) is 5.02 Å². The Morgan fingerprint density at radius 1 is 1.23 bits per heavy atom. The van der Waals surface area contributed by atoms with Crippen molar-refractivity contribution in [2.24, 2.45) is 11.1 Å². The van der Waals surface area contributed by atoms with Crippen LogP contribution >= 0.6 is 23.4 Å². The molecule has 4 rings (SSSR count). The Bertz CT molecular complexity index is 836. The van der Waals surface area contributed by atoms with E-state index in [0.717, 1.165) is 25.3 Å². The Balaban J connectivity index is 1.45. The summed E-state index contributed by atoms with van der Waals surface area (Å²) in [6.45, 7) is 1.80. The highest BCUT2D eigenvalue weighted by atomic mass is 35.5. The van der Waals surface area contributed by atoms with Crippen molar-refractivity contribution in [3.63, 3.8) is 0 Å². The molecule has 2 aromatic rings. The average molecular weight is 393 g/mol. The number of aromatic nitrogens is 4. The fraction of sp³-hybridized carbons (Fsp3) is 0.529. The first-order valence-corrected chi connectivity index (χ1v) is 10.0. The summed E-state index contributed by atoms with van der Waals surface area (Å²) < 4.78 is 0. The molecule has 2 fully saturated rings. The van der Waals surface area contributed by atoms with E-state index in [1.165, 1.54) is 43.6 Å². The van der Waals surface area contributed by atoms with Gasteiger partial charge < -0.3 is 10.6 Å². The van der Waals surface area contributed by atoms with E-state index >= 15 is 0 Å². The summed E-state index contributed by atoms with van der Waals surface area (Å²) in [5, 5.41) is 6.83. The number of nitrogens with one attached hydrogen (secondary N) is 1. The first-order chi connectivity index (χ1) is 12.6. The third-order valence-corrected chi connectivity index (χ3v) is 7.04. The SMILES string of the molecule is N[C@H]1CN(c2cnc(Sc3cn[nH]c(=O)c3Cl)cn2)CCC12CCCC2. The van der Waals surface area contributed by atoms with Crippen LogP contribution in [0.15, 0.2) is 33.3 Å². The van der Waals surface area contributed by atoms with Gasteiger partial charge in [-0.1, -0.05) is 36.2 Å². The van der Waals surface area contributed by atoms with Gasteiger partial charge in [-0.25, -0.2) is 15.1 Å². The van der Waals surface area contributed by atoms with Crippen molar-refractivity contribution in [3.05, 3.63) is 34.0 Å². The maximum Gasteiger partial charge on any atom is 0.284 e. The third kappa shape index (κ3) is 3.33. The Morgan fingerprint density at radius 2 is 2.04 bits per heavy atom. The summed E-state index contributed by atoms with van der Waals surface area (Å²) in [6.07, 6.45) is 11.2. The minimum Gasteiger partial charge on any atom is -0.354 e. The molecular weight excluding hydrogens is 372 g/mol. The highest BCUT2D eigenvalue weighted by Crippen LogP contribution is 2.46. The van der Waals surface area contributed by atoms with Crippen molar-refractivity contribution in [1.29, 1.82) is 0 Å². The summed E-state index contributed by atoms with van der Waals surface area (Å²) >= 11 is 7.26. The van der Waals surface area contributed by atoms with Crippen LogP contribution in [-0.2, 0) is 0 Å². The van der Waals surface area contributed by atoms with Gasteiger partial charge in [-0.2, -0.15) is 5.10 Å². The number of hydrogen-bond acceptors (Lipinski definition) is 7. The molecule has 3 heterocycles. The van der Waals surface area contributed by atoms with E-state index in [9.17, 15) is 4.79 Å². The lowest BCUT2D eigenvalue weighted by atomic mass is 9.73. The van der Waals surface area contributed by atoms with E-state index in [1.807, 2.05) is 0 Å². The Labute approximate surface area is 160 Å². The highest BCUT2D eigenvalue weighted by molar-refractivity contribution is 7.99. The smallest absolute Gasteiger partial charge is 0.284 e. The van der Waals surface area contributed by atoms with Gasteiger partial charge in [0, 0.05) is 19.1 Å². The molecular formula is C17H21ClN6OS. The van der Waals surface area contributed by atoms with Crippen LogP contribution < -0.4 is 16.2 Å². The number of piperidine rings is 1. The zero-order valence-corrected chi connectivity index (χ0v) is 15.9. The van der Waals surface area contributed by atoms with Crippen LogP contribution in [0.25, 0.3) is 0 Å². The fourth-order valence-electron chi connectivity index (χ4n) is 4.05. The van der Waals surface area contributed by atoms with Gasteiger partial charge in [0.05, 0.1) is 23.5 Å². The predicted octanol–water partition coefficient (Wildman–Crippen LogP) is 2.46. The molecule has 2 aromatic heterocycles. The van der Waals surface area contributed by atoms with E-state index in [0.29, 0.717) is 15.3 Å². The molecule has 1 saturated carbocycles. The number of anilines is 1. The lowest BCUT2D eigenvalue weighted by Crippen LogP contribution is -2.54. The molecule has 1 aliphatic heterocycles. The summed E-state index contributed by atoms with van der Waals surface area (Å²) in [4.78, 5) is 23.3. The van der Waals surface area contributed by atoms with E-state index in [2.05, 4.69) is 25.1 Å². The van der Waals surface area contributed by atoms with Gasteiger partial charge in [0.2, 0.25) is 0 Å². The predicted molar refractivity (Wildman–Crippen MR) is 102 cm³/mol. The van der Waals surface area contributed by atoms with Crippen LogP contribution in [0.5, 0.6) is 0 Å². The first-order valence-electron chi connectivity index (χ1n) is 8.81. The van der Waals surface area contributed by atoms with Crippen molar-refractivity contribution in [3.8, 4) is 0 Å². The maximum absolute atomic E-state index is 11.5. The van der Waals surface area contributed by atoms with Gasteiger partial charge in [0.25, 0.3) is 5.56 Å². The van der Waals surface area contributed by atoms with Gasteiger partial charge in [-0.05, 0) is 24.7 Å². The zero-order chi connectivity index (χ0) is 18.1. The van der Waals surface area contributed by atoms with Gasteiger partial charge in [-0.3, -0.25) is 4.79 Å². The van der Waals surface area contributed by atoms with Crippen molar-refractivity contribution in [2.45, 2.75) is 48.1 Å². The van der Waals surface area contributed by atoms with Crippen molar-refractivity contribution in [1.82, 2.24) is 20.2 Å². The summed E-state index contributed by atoms with van der Waals surface area (Å²) in [5.74, 6) is 0.841. The molecule has 138 valence electrons. The molecule has 7 nitrogen and oxygen atoms in total. The lowest BCUT2D eigenvalue weighted by Gasteiger charge is -2.44. The Kier molecular flexibility index (Phi) is 4.90. The van der Waals surface area contributed by atoms with Crippen molar-refractivity contribution < 1.29 is 0 Å². The van der Waals surface area contributed by atoms with Crippen LogP contribution in [0.3, 0.4) is 0 Å². The number of rotatable bonds is 3. The number of H-pyrrole nitrogens is 1. The van der Waals surface area contributed by atoms with Crippen LogP contribution in [0.4, 0.5) is 5.82 Å². The standard InChI is InChI=1S/C17H21ClN6OS/c18-15-11(7-22-23-16(15)25)26-14-9-20-13(8-21-14)24-6-5-17(12(19)10-24)3-1-2-4-17/h7-9,12H,1-6,10,19H2,(H,23,25)/t12-/m0/s1. The average Bonchev–Trinajstić information content (AvgIpc) is 3.12. The molecule has 0 unspecified atom stereocenters. The van der Waals surface area contributed by atoms with E-state index in [4.69, 9.17) is 17.3 Å². The minimum absolute atomic E-state index is 0.111. The van der Waals surface area contributed by atoms with Crippen LogP contribution in [0.1, 0.15) is 32.1 Å². The van der Waals surface area contributed by atoms with Gasteiger partial charge in [0.15, 0.2) is 0 Å². The minimum atomic E-state index is -0.413. The zero-order valence-electron chi connectivity index (χ0n) is 14.3. The molecule has 26 heavy (non-hydrogen) atoms. The normalized spacial score (nSPS) is 22.1. The van der Waals surface area contributed by atoms with Gasteiger partial charge >= 0.3 is 0 Å². The van der Waals surface area contributed by atoms with Crippen LogP contribution in [-0.4, -0.2) is 39.3 Å². The second kappa shape index (κ2) is 7.17. The topological polar surface area (TPSA) is 101 Å².